The van der Waals surface area contributed by atoms with Crippen LogP contribution in [0.15, 0.2) is 42.5 Å². The molecular formula is C20H24N2O. The summed E-state index contributed by atoms with van der Waals surface area (Å²) in [4.78, 5) is 2.37. The van der Waals surface area contributed by atoms with Crippen LogP contribution in [0.5, 0.6) is 0 Å². The minimum absolute atomic E-state index is 0.158. The predicted octanol–water partition coefficient (Wildman–Crippen LogP) is 3.77. The van der Waals surface area contributed by atoms with E-state index in [4.69, 9.17) is 0 Å². The smallest absolute Gasteiger partial charge is 0.0667 e. The lowest BCUT2D eigenvalue weighted by Crippen LogP contribution is -2.37. The first-order valence-corrected chi connectivity index (χ1v) is 8.66. The average Bonchev–Trinajstić information content (AvgIpc) is 2.88. The van der Waals surface area contributed by atoms with Crippen LogP contribution in [-0.4, -0.2) is 33.8 Å². The Kier molecular flexibility index (Phi) is 3.83. The molecule has 0 bridgehead atoms. The Morgan fingerprint density at radius 3 is 2.74 bits per heavy atom. The number of aliphatic hydroxyl groups excluding tert-OH is 1. The lowest BCUT2D eigenvalue weighted by molar-refractivity contribution is 0.0668. The first-order chi connectivity index (χ1) is 11.3. The number of aryl methyl sites for hydroxylation is 1. The first-order valence-electron chi connectivity index (χ1n) is 8.66. The van der Waals surface area contributed by atoms with E-state index < -0.39 is 0 Å². The number of piperidine rings is 1. The van der Waals surface area contributed by atoms with Crippen LogP contribution in [0, 0.1) is 0 Å². The van der Waals surface area contributed by atoms with Gasteiger partial charge >= 0.3 is 0 Å². The van der Waals surface area contributed by atoms with Gasteiger partial charge in [-0.05, 0) is 50.1 Å². The number of nitrogens with zero attached hydrogens (tertiary/aromatic N) is 2. The van der Waals surface area contributed by atoms with Crippen molar-refractivity contribution in [2.45, 2.75) is 39.0 Å². The van der Waals surface area contributed by atoms with E-state index in [1.807, 2.05) is 0 Å². The zero-order valence-electron chi connectivity index (χ0n) is 13.7. The van der Waals surface area contributed by atoms with Crippen molar-refractivity contribution in [1.82, 2.24) is 9.47 Å². The molecule has 0 amide bonds. The van der Waals surface area contributed by atoms with Crippen LogP contribution in [-0.2, 0) is 13.1 Å². The standard InChI is InChI=1S/C20H24N2O/c1-2-22-19-8-4-3-7-17(19)18-12-15(9-10-20(18)22)13-21-11-5-6-16(23)14-21/h3-4,7-10,12,16,23H,2,5-6,11,13-14H2,1H3. The molecule has 1 aliphatic heterocycles. The third-order valence-corrected chi connectivity index (χ3v) is 5.04. The fourth-order valence-electron chi connectivity index (χ4n) is 3.97. The predicted molar refractivity (Wildman–Crippen MR) is 95.6 cm³/mol. The van der Waals surface area contributed by atoms with Gasteiger partial charge in [-0.2, -0.15) is 0 Å². The van der Waals surface area contributed by atoms with Gasteiger partial charge in [0, 0.05) is 41.4 Å². The molecule has 1 saturated heterocycles. The maximum Gasteiger partial charge on any atom is 0.0667 e. The molecule has 1 unspecified atom stereocenters. The average molecular weight is 308 g/mol. The maximum absolute atomic E-state index is 9.86. The molecule has 3 aromatic rings. The van der Waals surface area contributed by atoms with Crippen molar-refractivity contribution in [3.05, 3.63) is 48.0 Å². The van der Waals surface area contributed by atoms with Crippen LogP contribution < -0.4 is 0 Å². The SMILES string of the molecule is CCn1c2ccccc2c2cc(CN3CCCC(O)C3)ccc21. The van der Waals surface area contributed by atoms with E-state index in [9.17, 15) is 5.11 Å². The summed E-state index contributed by atoms with van der Waals surface area (Å²) < 4.78 is 2.39. The number of aliphatic hydroxyl groups is 1. The summed E-state index contributed by atoms with van der Waals surface area (Å²) >= 11 is 0. The van der Waals surface area contributed by atoms with Crippen LogP contribution in [0.2, 0.25) is 0 Å². The summed E-state index contributed by atoms with van der Waals surface area (Å²) in [5.41, 5.74) is 3.97. The highest BCUT2D eigenvalue weighted by Crippen LogP contribution is 2.30. The van der Waals surface area contributed by atoms with Crippen molar-refractivity contribution < 1.29 is 5.11 Å². The molecular weight excluding hydrogens is 284 g/mol. The largest absolute Gasteiger partial charge is 0.392 e. The second-order valence-corrected chi connectivity index (χ2v) is 6.64. The lowest BCUT2D eigenvalue weighted by Gasteiger charge is -2.30. The second kappa shape index (κ2) is 5.99. The van der Waals surface area contributed by atoms with Crippen LogP contribution >= 0.6 is 0 Å². The summed E-state index contributed by atoms with van der Waals surface area (Å²) in [7, 11) is 0. The van der Waals surface area contributed by atoms with Gasteiger partial charge in [-0.15, -0.1) is 0 Å². The summed E-state index contributed by atoms with van der Waals surface area (Å²) in [5, 5.41) is 12.5. The minimum Gasteiger partial charge on any atom is -0.392 e. The third-order valence-electron chi connectivity index (χ3n) is 5.04. The van der Waals surface area contributed by atoms with Crippen molar-refractivity contribution >= 4 is 21.8 Å². The van der Waals surface area contributed by atoms with Gasteiger partial charge in [-0.25, -0.2) is 0 Å². The van der Waals surface area contributed by atoms with Gasteiger partial charge in [0.1, 0.15) is 0 Å². The Hall–Kier alpha value is -1.84. The molecule has 1 aromatic heterocycles. The van der Waals surface area contributed by atoms with Gasteiger partial charge in [0.2, 0.25) is 0 Å². The van der Waals surface area contributed by atoms with Gasteiger partial charge in [-0.3, -0.25) is 4.90 Å². The molecule has 1 atom stereocenters. The molecule has 23 heavy (non-hydrogen) atoms. The molecule has 0 aliphatic carbocycles. The van der Waals surface area contributed by atoms with E-state index >= 15 is 0 Å². The number of likely N-dealkylation sites (tertiary alicyclic amines) is 1. The molecule has 0 radical (unpaired) electrons. The zero-order valence-corrected chi connectivity index (χ0v) is 13.7. The van der Waals surface area contributed by atoms with E-state index in [0.29, 0.717) is 0 Å². The summed E-state index contributed by atoms with van der Waals surface area (Å²) in [5.74, 6) is 0. The molecule has 2 heterocycles. The maximum atomic E-state index is 9.86. The van der Waals surface area contributed by atoms with E-state index in [2.05, 4.69) is 58.9 Å². The summed E-state index contributed by atoms with van der Waals surface area (Å²) in [6.45, 7) is 6.01. The fraction of sp³-hybridized carbons (Fsp3) is 0.400. The van der Waals surface area contributed by atoms with Crippen LogP contribution in [0.3, 0.4) is 0 Å². The van der Waals surface area contributed by atoms with Crippen molar-refractivity contribution in [3.63, 3.8) is 0 Å². The van der Waals surface area contributed by atoms with Crippen molar-refractivity contribution in [2.75, 3.05) is 13.1 Å². The van der Waals surface area contributed by atoms with E-state index in [1.165, 1.54) is 27.4 Å². The number of hydrogen-bond donors (Lipinski definition) is 1. The van der Waals surface area contributed by atoms with Crippen molar-refractivity contribution in [3.8, 4) is 0 Å². The number of para-hydroxylation sites is 1. The Morgan fingerprint density at radius 1 is 1.09 bits per heavy atom. The molecule has 4 rings (SSSR count). The summed E-state index contributed by atoms with van der Waals surface area (Å²) in [6.07, 6.45) is 1.88. The number of rotatable bonds is 3. The van der Waals surface area contributed by atoms with Gasteiger partial charge in [-0.1, -0.05) is 24.3 Å². The number of fused-ring (bicyclic) bond motifs is 3. The molecule has 3 heteroatoms. The Bertz CT molecular complexity index is 836. The first kappa shape index (κ1) is 14.7. The van der Waals surface area contributed by atoms with Gasteiger partial charge in [0.05, 0.1) is 6.10 Å². The molecule has 1 fully saturated rings. The van der Waals surface area contributed by atoms with Crippen molar-refractivity contribution in [2.24, 2.45) is 0 Å². The molecule has 3 nitrogen and oxygen atoms in total. The monoisotopic (exact) mass is 308 g/mol. The van der Waals surface area contributed by atoms with Gasteiger partial charge < -0.3 is 9.67 Å². The molecule has 2 aromatic carbocycles. The molecule has 0 spiro atoms. The molecule has 0 saturated carbocycles. The Labute approximate surface area is 137 Å². The topological polar surface area (TPSA) is 28.4 Å². The Morgan fingerprint density at radius 2 is 1.91 bits per heavy atom. The normalized spacial score (nSPS) is 19.7. The van der Waals surface area contributed by atoms with E-state index in [-0.39, 0.29) is 6.10 Å². The fourth-order valence-corrected chi connectivity index (χ4v) is 3.97. The molecule has 1 aliphatic rings. The van der Waals surface area contributed by atoms with Crippen LogP contribution in [0.1, 0.15) is 25.3 Å². The number of aromatic nitrogens is 1. The van der Waals surface area contributed by atoms with Gasteiger partial charge in [0.25, 0.3) is 0 Å². The van der Waals surface area contributed by atoms with Crippen molar-refractivity contribution in [1.29, 1.82) is 0 Å². The number of hydrogen-bond acceptors (Lipinski definition) is 2. The highest BCUT2D eigenvalue weighted by Gasteiger charge is 2.18. The molecule has 120 valence electrons. The number of benzene rings is 2. The second-order valence-electron chi connectivity index (χ2n) is 6.64. The van der Waals surface area contributed by atoms with Crippen LogP contribution in [0.4, 0.5) is 0 Å². The van der Waals surface area contributed by atoms with Crippen LogP contribution in [0.25, 0.3) is 21.8 Å². The third kappa shape index (κ3) is 2.64. The minimum atomic E-state index is -0.158. The molecule has 1 N–H and O–H groups in total. The van der Waals surface area contributed by atoms with E-state index in [1.54, 1.807) is 0 Å². The quantitative estimate of drug-likeness (QED) is 0.798. The van der Waals surface area contributed by atoms with E-state index in [0.717, 1.165) is 39.0 Å². The number of β-amino-alcohol motifs (C(OH)–C–C–N with tert-alkyl or cyclic N) is 1. The summed E-state index contributed by atoms with van der Waals surface area (Å²) in [6, 6.07) is 15.5. The van der Waals surface area contributed by atoms with Gasteiger partial charge in [0.15, 0.2) is 0 Å². The highest BCUT2D eigenvalue weighted by atomic mass is 16.3. The lowest BCUT2D eigenvalue weighted by atomic mass is 10.1. The zero-order chi connectivity index (χ0) is 15.8. The highest BCUT2D eigenvalue weighted by molar-refractivity contribution is 6.08. The Balaban J connectivity index is 1.74.